The van der Waals surface area contributed by atoms with Crippen molar-refractivity contribution in [3.63, 3.8) is 0 Å². The number of hydrogen-bond acceptors (Lipinski definition) is 2. The van der Waals surface area contributed by atoms with Gasteiger partial charge in [0.25, 0.3) is 0 Å². The molecule has 0 bridgehead atoms. The van der Waals surface area contributed by atoms with Crippen LogP contribution >= 0.6 is 11.6 Å². The Morgan fingerprint density at radius 2 is 2.06 bits per heavy atom. The standard InChI is InChI=1S/C13H14ClN3O/c14-6-13(18)15-7-12-8-16-17(10-12)9-11-4-2-1-3-5-11/h1-5,8,10H,6-7,9H2,(H,15,18). The molecule has 1 amide bonds. The van der Waals surface area contributed by atoms with E-state index in [1.54, 1.807) is 6.20 Å². The maximum Gasteiger partial charge on any atom is 0.235 e. The van der Waals surface area contributed by atoms with Gasteiger partial charge in [0.2, 0.25) is 5.91 Å². The number of amides is 1. The summed E-state index contributed by atoms with van der Waals surface area (Å²) in [6.07, 6.45) is 3.67. The average Bonchev–Trinajstić information content (AvgIpc) is 2.85. The molecule has 2 rings (SSSR count). The van der Waals surface area contributed by atoms with Crippen molar-refractivity contribution in [1.29, 1.82) is 0 Å². The van der Waals surface area contributed by atoms with Crippen LogP contribution in [-0.2, 0) is 17.9 Å². The summed E-state index contributed by atoms with van der Waals surface area (Å²) in [6, 6.07) is 10.1. The predicted molar refractivity (Wildman–Crippen MR) is 70.3 cm³/mol. The van der Waals surface area contributed by atoms with Crippen molar-refractivity contribution in [2.75, 3.05) is 5.88 Å². The van der Waals surface area contributed by atoms with E-state index < -0.39 is 0 Å². The van der Waals surface area contributed by atoms with Gasteiger partial charge in [0, 0.05) is 18.3 Å². The Bertz CT molecular complexity index is 510. The summed E-state index contributed by atoms with van der Waals surface area (Å²) in [4.78, 5) is 11.0. The first kappa shape index (κ1) is 12.6. The van der Waals surface area contributed by atoms with Gasteiger partial charge in [-0.25, -0.2) is 0 Å². The number of aromatic nitrogens is 2. The highest BCUT2D eigenvalue weighted by atomic mass is 35.5. The van der Waals surface area contributed by atoms with Crippen LogP contribution in [0, 0.1) is 0 Å². The third kappa shape index (κ3) is 3.60. The molecule has 0 aliphatic rings. The summed E-state index contributed by atoms with van der Waals surface area (Å²) >= 11 is 5.40. The highest BCUT2D eigenvalue weighted by molar-refractivity contribution is 6.27. The Balaban J connectivity index is 1.92. The molecule has 0 spiro atoms. The highest BCUT2D eigenvalue weighted by Gasteiger charge is 2.02. The smallest absolute Gasteiger partial charge is 0.235 e. The maximum atomic E-state index is 11.0. The number of rotatable bonds is 5. The van der Waals surface area contributed by atoms with Gasteiger partial charge in [-0.3, -0.25) is 9.48 Å². The number of halogens is 1. The number of carbonyl (C=O) groups excluding carboxylic acids is 1. The van der Waals surface area contributed by atoms with Gasteiger partial charge in [0.15, 0.2) is 0 Å². The van der Waals surface area contributed by atoms with Gasteiger partial charge in [-0.1, -0.05) is 30.3 Å². The first-order valence-electron chi connectivity index (χ1n) is 5.66. The number of hydrogen-bond donors (Lipinski definition) is 1. The lowest BCUT2D eigenvalue weighted by atomic mass is 10.2. The SMILES string of the molecule is O=C(CCl)NCc1cnn(Cc2ccccc2)c1. The fraction of sp³-hybridized carbons (Fsp3) is 0.231. The fourth-order valence-electron chi connectivity index (χ4n) is 1.60. The maximum absolute atomic E-state index is 11.0. The van der Waals surface area contributed by atoms with Crippen molar-refractivity contribution in [2.45, 2.75) is 13.1 Å². The molecule has 4 nitrogen and oxygen atoms in total. The first-order valence-corrected chi connectivity index (χ1v) is 6.19. The third-order valence-corrected chi connectivity index (χ3v) is 2.73. The van der Waals surface area contributed by atoms with Crippen LogP contribution in [-0.4, -0.2) is 21.6 Å². The van der Waals surface area contributed by atoms with E-state index in [0.717, 1.165) is 12.1 Å². The Labute approximate surface area is 111 Å². The van der Waals surface area contributed by atoms with Crippen LogP contribution < -0.4 is 5.32 Å². The average molecular weight is 264 g/mol. The van der Waals surface area contributed by atoms with E-state index in [4.69, 9.17) is 11.6 Å². The van der Waals surface area contributed by atoms with Crippen molar-refractivity contribution in [2.24, 2.45) is 0 Å². The van der Waals surface area contributed by atoms with Gasteiger partial charge in [-0.05, 0) is 5.56 Å². The molecule has 0 fully saturated rings. The van der Waals surface area contributed by atoms with E-state index in [0.29, 0.717) is 6.54 Å². The molecule has 1 aromatic carbocycles. The third-order valence-electron chi connectivity index (χ3n) is 2.49. The van der Waals surface area contributed by atoms with E-state index in [2.05, 4.69) is 22.5 Å². The lowest BCUT2D eigenvalue weighted by molar-refractivity contribution is -0.118. The Morgan fingerprint density at radius 3 is 2.78 bits per heavy atom. The van der Waals surface area contributed by atoms with Crippen LogP contribution in [0.25, 0.3) is 0 Å². The van der Waals surface area contributed by atoms with Crippen molar-refractivity contribution in [3.05, 3.63) is 53.9 Å². The Kier molecular flexibility index (Phi) is 4.36. The van der Waals surface area contributed by atoms with Gasteiger partial charge < -0.3 is 5.32 Å². The van der Waals surface area contributed by atoms with Crippen LogP contribution in [0.1, 0.15) is 11.1 Å². The topological polar surface area (TPSA) is 46.9 Å². The zero-order valence-electron chi connectivity index (χ0n) is 9.84. The van der Waals surface area contributed by atoms with E-state index in [-0.39, 0.29) is 11.8 Å². The second kappa shape index (κ2) is 6.21. The summed E-state index contributed by atoms with van der Waals surface area (Å²) in [5.41, 5.74) is 2.15. The zero-order valence-corrected chi connectivity index (χ0v) is 10.6. The highest BCUT2D eigenvalue weighted by Crippen LogP contribution is 2.03. The lowest BCUT2D eigenvalue weighted by Crippen LogP contribution is -2.23. The fourth-order valence-corrected chi connectivity index (χ4v) is 1.70. The summed E-state index contributed by atoms with van der Waals surface area (Å²) in [6.45, 7) is 1.19. The Morgan fingerprint density at radius 1 is 1.28 bits per heavy atom. The van der Waals surface area contributed by atoms with Gasteiger partial charge in [-0.15, -0.1) is 11.6 Å². The Hall–Kier alpha value is -1.81. The van der Waals surface area contributed by atoms with Crippen LogP contribution in [0.5, 0.6) is 0 Å². The quantitative estimate of drug-likeness (QED) is 0.836. The summed E-state index contributed by atoms with van der Waals surface area (Å²) in [5, 5.41) is 6.95. The number of alkyl halides is 1. The normalized spacial score (nSPS) is 10.3. The largest absolute Gasteiger partial charge is 0.351 e. The van der Waals surface area contributed by atoms with Gasteiger partial charge >= 0.3 is 0 Å². The van der Waals surface area contributed by atoms with Crippen LogP contribution in [0.4, 0.5) is 0 Å². The van der Waals surface area contributed by atoms with Crippen LogP contribution in [0.3, 0.4) is 0 Å². The number of nitrogens with one attached hydrogen (secondary N) is 1. The first-order chi connectivity index (χ1) is 8.78. The number of benzene rings is 1. The summed E-state index contributed by atoms with van der Waals surface area (Å²) in [5.74, 6) is -0.189. The van der Waals surface area contributed by atoms with Crippen molar-refractivity contribution >= 4 is 17.5 Å². The lowest BCUT2D eigenvalue weighted by Gasteiger charge is -2.01. The molecule has 0 unspecified atom stereocenters. The molecule has 1 heterocycles. The molecule has 1 aromatic heterocycles. The van der Waals surface area contributed by atoms with Gasteiger partial charge in [-0.2, -0.15) is 5.10 Å². The van der Waals surface area contributed by atoms with Crippen molar-refractivity contribution in [1.82, 2.24) is 15.1 Å². The number of carbonyl (C=O) groups is 1. The summed E-state index contributed by atoms with van der Waals surface area (Å²) < 4.78 is 1.84. The van der Waals surface area contributed by atoms with Gasteiger partial charge in [0.05, 0.1) is 12.7 Å². The molecule has 0 saturated heterocycles. The minimum absolute atomic E-state index is 0.0157. The van der Waals surface area contributed by atoms with E-state index in [1.807, 2.05) is 29.1 Å². The van der Waals surface area contributed by atoms with Gasteiger partial charge in [0.1, 0.15) is 5.88 Å². The second-order valence-electron chi connectivity index (χ2n) is 3.94. The predicted octanol–water partition coefficient (Wildman–Crippen LogP) is 1.79. The molecule has 0 aliphatic carbocycles. The second-order valence-corrected chi connectivity index (χ2v) is 4.21. The van der Waals surface area contributed by atoms with Crippen LogP contribution in [0.15, 0.2) is 42.7 Å². The molecule has 1 N–H and O–H groups in total. The van der Waals surface area contributed by atoms with Crippen LogP contribution in [0.2, 0.25) is 0 Å². The molecule has 0 atom stereocenters. The molecular weight excluding hydrogens is 250 g/mol. The minimum atomic E-state index is -0.174. The molecular formula is C13H14ClN3O. The molecule has 5 heteroatoms. The molecule has 18 heavy (non-hydrogen) atoms. The number of nitrogens with zero attached hydrogens (tertiary/aromatic N) is 2. The van der Waals surface area contributed by atoms with E-state index in [9.17, 15) is 4.79 Å². The molecule has 0 saturated carbocycles. The summed E-state index contributed by atoms with van der Waals surface area (Å²) in [7, 11) is 0. The molecule has 0 radical (unpaired) electrons. The van der Waals surface area contributed by atoms with E-state index in [1.165, 1.54) is 5.56 Å². The van der Waals surface area contributed by atoms with Crippen molar-refractivity contribution < 1.29 is 4.79 Å². The molecule has 0 aliphatic heterocycles. The molecule has 94 valence electrons. The zero-order chi connectivity index (χ0) is 12.8. The van der Waals surface area contributed by atoms with E-state index >= 15 is 0 Å². The minimum Gasteiger partial charge on any atom is -0.351 e. The monoisotopic (exact) mass is 263 g/mol. The van der Waals surface area contributed by atoms with Crippen molar-refractivity contribution in [3.8, 4) is 0 Å². The molecule has 2 aromatic rings.